The van der Waals surface area contributed by atoms with E-state index in [4.69, 9.17) is 4.42 Å². The minimum absolute atomic E-state index is 0.168. The second-order valence-corrected chi connectivity index (χ2v) is 9.78. The van der Waals surface area contributed by atoms with Crippen LogP contribution in [0.3, 0.4) is 0 Å². The summed E-state index contributed by atoms with van der Waals surface area (Å²) in [7, 11) is -3.37. The second kappa shape index (κ2) is 7.13. The van der Waals surface area contributed by atoms with E-state index in [0.717, 1.165) is 22.7 Å². The maximum absolute atomic E-state index is 12.8. The first-order chi connectivity index (χ1) is 12.9. The molecule has 5 nitrogen and oxygen atoms in total. The second-order valence-electron chi connectivity index (χ2n) is 6.70. The largest absolute Gasteiger partial charge is 0.450 e. The number of furan rings is 1. The van der Waals surface area contributed by atoms with Crippen LogP contribution < -0.4 is 5.32 Å². The van der Waals surface area contributed by atoms with E-state index in [9.17, 15) is 13.2 Å². The predicted octanol–water partition coefficient (Wildman–Crippen LogP) is 5.16. The van der Waals surface area contributed by atoms with Gasteiger partial charge in [-0.1, -0.05) is 31.0 Å². The van der Waals surface area contributed by atoms with Crippen molar-refractivity contribution in [2.24, 2.45) is 0 Å². The quantitative estimate of drug-likeness (QED) is 0.598. The maximum atomic E-state index is 12.8. The van der Waals surface area contributed by atoms with Crippen molar-refractivity contribution < 1.29 is 17.6 Å². The van der Waals surface area contributed by atoms with Crippen LogP contribution in [0, 0.1) is 0 Å². The standard InChI is InChI=1S/C20H18BrNO4S/c21-17-10-3-5-13-11-18(26-19(13)17)20(23)22-14-6-4-9-16(12-14)27(24,25)15-7-1-2-8-15/h3-6,9-12,15H,1-2,7-8H2,(H,22,23). The molecule has 1 amide bonds. The molecule has 1 heterocycles. The Morgan fingerprint density at radius 1 is 1.07 bits per heavy atom. The van der Waals surface area contributed by atoms with E-state index in [1.54, 1.807) is 24.3 Å². The molecule has 27 heavy (non-hydrogen) atoms. The Morgan fingerprint density at radius 3 is 2.56 bits per heavy atom. The van der Waals surface area contributed by atoms with Crippen molar-refractivity contribution in [1.29, 1.82) is 0 Å². The van der Waals surface area contributed by atoms with Gasteiger partial charge in [0.05, 0.1) is 14.6 Å². The first-order valence-electron chi connectivity index (χ1n) is 8.78. The third kappa shape index (κ3) is 3.53. The summed E-state index contributed by atoms with van der Waals surface area (Å²) in [6.07, 6.45) is 3.30. The van der Waals surface area contributed by atoms with Crippen molar-refractivity contribution in [1.82, 2.24) is 0 Å². The highest BCUT2D eigenvalue weighted by Gasteiger charge is 2.30. The Hall–Kier alpha value is -2.12. The van der Waals surface area contributed by atoms with Gasteiger partial charge in [0.2, 0.25) is 0 Å². The minimum Gasteiger partial charge on any atom is -0.450 e. The number of benzene rings is 2. The number of anilines is 1. The fraction of sp³-hybridized carbons (Fsp3) is 0.250. The molecule has 0 atom stereocenters. The average molecular weight is 448 g/mol. The van der Waals surface area contributed by atoms with Gasteiger partial charge in [-0.3, -0.25) is 4.79 Å². The molecule has 0 bridgehead atoms. The van der Waals surface area contributed by atoms with Crippen molar-refractivity contribution >= 4 is 48.3 Å². The Labute approximate surface area is 165 Å². The van der Waals surface area contributed by atoms with Gasteiger partial charge in [-0.05, 0) is 59.1 Å². The molecule has 1 aliphatic carbocycles. The summed E-state index contributed by atoms with van der Waals surface area (Å²) in [5.74, 6) is -0.255. The van der Waals surface area contributed by atoms with Gasteiger partial charge in [-0.25, -0.2) is 8.42 Å². The van der Waals surface area contributed by atoms with Crippen LogP contribution in [0.25, 0.3) is 11.0 Å². The van der Waals surface area contributed by atoms with Crippen LogP contribution in [0.15, 0.2) is 62.3 Å². The van der Waals surface area contributed by atoms with Crippen LogP contribution in [-0.2, 0) is 9.84 Å². The molecule has 7 heteroatoms. The number of para-hydroxylation sites is 1. The van der Waals surface area contributed by atoms with Gasteiger partial charge < -0.3 is 9.73 Å². The minimum atomic E-state index is -3.37. The summed E-state index contributed by atoms with van der Waals surface area (Å²) in [6.45, 7) is 0. The first kappa shape index (κ1) is 18.3. The van der Waals surface area contributed by atoms with Gasteiger partial charge >= 0.3 is 0 Å². The van der Waals surface area contributed by atoms with Crippen LogP contribution in [0.2, 0.25) is 0 Å². The summed E-state index contributed by atoms with van der Waals surface area (Å²) in [5.41, 5.74) is 1.03. The molecule has 1 aromatic heterocycles. The normalized spacial score (nSPS) is 15.3. The number of fused-ring (bicyclic) bond motifs is 1. The predicted molar refractivity (Wildman–Crippen MR) is 108 cm³/mol. The molecule has 0 spiro atoms. The van der Waals surface area contributed by atoms with Crippen LogP contribution in [0.5, 0.6) is 0 Å². The number of halogens is 1. The van der Waals surface area contributed by atoms with Crippen molar-refractivity contribution in [2.75, 3.05) is 5.32 Å². The highest BCUT2D eigenvalue weighted by Crippen LogP contribution is 2.31. The van der Waals surface area contributed by atoms with Crippen LogP contribution >= 0.6 is 15.9 Å². The Kier molecular flexibility index (Phi) is 4.82. The van der Waals surface area contributed by atoms with Crippen molar-refractivity contribution in [3.63, 3.8) is 0 Å². The third-order valence-corrected chi connectivity index (χ3v) is 7.77. The molecule has 140 valence electrons. The van der Waals surface area contributed by atoms with Gasteiger partial charge in [-0.2, -0.15) is 0 Å². The fourth-order valence-electron chi connectivity index (χ4n) is 3.47. The number of hydrogen-bond donors (Lipinski definition) is 1. The lowest BCUT2D eigenvalue weighted by Crippen LogP contribution is -2.18. The van der Waals surface area contributed by atoms with Crippen molar-refractivity contribution in [2.45, 2.75) is 35.8 Å². The van der Waals surface area contributed by atoms with E-state index >= 15 is 0 Å². The summed E-state index contributed by atoms with van der Waals surface area (Å²) in [5, 5.41) is 3.22. The highest BCUT2D eigenvalue weighted by molar-refractivity contribution is 9.10. The lowest BCUT2D eigenvalue weighted by atomic mass is 10.2. The fourth-order valence-corrected chi connectivity index (χ4v) is 5.83. The summed E-state index contributed by atoms with van der Waals surface area (Å²) < 4.78 is 31.9. The monoisotopic (exact) mass is 447 g/mol. The Morgan fingerprint density at radius 2 is 1.81 bits per heavy atom. The SMILES string of the molecule is O=C(Nc1cccc(S(=O)(=O)C2CCCC2)c1)c1cc2cccc(Br)c2o1. The van der Waals surface area contributed by atoms with Gasteiger partial charge in [0.1, 0.15) is 5.58 Å². The number of nitrogens with one attached hydrogen (secondary N) is 1. The molecule has 1 N–H and O–H groups in total. The van der Waals surface area contributed by atoms with E-state index < -0.39 is 15.7 Å². The van der Waals surface area contributed by atoms with E-state index in [-0.39, 0.29) is 15.9 Å². The van der Waals surface area contributed by atoms with Gasteiger partial charge in [0.25, 0.3) is 5.91 Å². The number of carbonyl (C=O) groups excluding carboxylic acids is 1. The molecule has 0 unspecified atom stereocenters. The lowest BCUT2D eigenvalue weighted by molar-refractivity contribution is 0.0998. The molecule has 0 radical (unpaired) electrons. The number of amides is 1. The van der Waals surface area contributed by atoms with Crippen molar-refractivity contribution in [3.05, 3.63) is 58.8 Å². The maximum Gasteiger partial charge on any atom is 0.291 e. The molecule has 1 saturated carbocycles. The molecule has 4 rings (SSSR count). The number of rotatable bonds is 4. The van der Waals surface area contributed by atoms with E-state index in [2.05, 4.69) is 21.2 Å². The number of carbonyl (C=O) groups is 1. The zero-order chi connectivity index (χ0) is 19.0. The van der Waals surface area contributed by atoms with Crippen LogP contribution in [0.1, 0.15) is 36.2 Å². The molecule has 1 aliphatic rings. The van der Waals surface area contributed by atoms with Gasteiger partial charge in [0.15, 0.2) is 15.6 Å². The molecule has 0 aliphatic heterocycles. The van der Waals surface area contributed by atoms with Crippen LogP contribution in [0.4, 0.5) is 5.69 Å². The number of sulfone groups is 1. The van der Waals surface area contributed by atoms with Crippen molar-refractivity contribution in [3.8, 4) is 0 Å². The summed E-state index contributed by atoms with van der Waals surface area (Å²) >= 11 is 3.40. The molecule has 2 aromatic carbocycles. The number of hydrogen-bond acceptors (Lipinski definition) is 4. The Bertz CT molecular complexity index is 1110. The van der Waals surface area contributed by atoms with Crippen LogP contribution in [-0.4, -0.2) is 19.6 Å². The Balaban J connectivity index is 1.59. The van der Waals surface area contributed by atoms with E-state index in [1.807, 2.05) is 18.2 Å². The molecule has 3 aromatic rings. The molecular formula is C20H18BrNO4S. The van der Waals surface area contributed by atoms with E-state index in [1.165, 1.54) is 6.07 Å². The topological polar surface area (TPSA) is 76.4 Å². The smallest absolute Gasteiger partial charge is 0.291 e. The lowest BCUT2D eigenvalue weighted by Gasteiger charge is -2.12. The first-order valence-corrected chi connectivity index (χ1v) is 11.1. The highest BCUT2D eigenvalue weighted by atomic mass is 79.9. The van der Waals surface area contributed by atoms with Gasteiger partial charge in [0, 0.05) is 11.1 Å². The average Bonchev–Trinajstić information content (AvgIpc) is 3.33. The molecular weight excluding hydrogens is 430 g/mol. The summed E-state index contributed by atoms with van der Waals surface area (Å²) in [6, 6.07) is 13.6. The molecule has 0 saturated heterocycles. The third-order valence-electron chi connectivity index (χ3n) is 4.88. The van der Waals surface area contributed by atoms with E-state index in [0.29, 0.717) is 24.1 Å². The zero-order valence-electron chi connectivity index (χ0n) is 14.4. The molecule has 1 fully saturated rings. The van der Waals surface area contributed by atoms with Gasteiger partial charge in [-0.15, -0.1) is 0 Å². The zero-order valence-corrected chi connectivity index (χ0v) is 16.8. The summed E-state index contributed by atoms with van der Waals surface area (Å²) in [4.78, 5) is 12.8.